The van der Waals surface area contributed by atoms with Crippen LogP contribution in [0.4, 0.5) is 0 Å². The van der Waals surface area contributed by atoms with Gasteiger partial charge in [-0.15, -0.1) is 0 Å². The fourth-order valence-electron chi connectivity index (χ4n) is 2.82. The average molecular weight is 305 g/mol. The Hall–Kier alpha value is -1.76. The number of piperidine rings is 1. The van der Waals surface area contributed by atoms with Crippen LogP contribution >= 0.6 is 0 Å². The Kier molecular flexibility index (Phi) is 4.24. The maximum atomic E-state index is 5.41. The van der Waals surface area contributed by atoms with Crippen molar-refractivity contribution in [3.63, 3.8) is 0 Å². The van der Waals surface area contributed by atoms with Crippen LogP contribution in [0.5, 0.6) is 0 Å². The predicted molar refractivity (Wildman–Crippen MR) is 79.4 cm³/mol. The van der Waals surface area contributed by atoms with E-state index in [0.29, 0.717) is 17.6 Å². The Morgan fingerprint density at radius 3 is 2.32 bits per heavy atom. The molecule has 7 nitrogen and oxygen atoms in total. The van der Waals surface area contributed by atoms with E-state index in [9.17, 15) is 0 Å². The molecule has 1 saturated heterocycles. The molecule has 0 saturated carbocycles. The number of aromatic nitrogens is 4. The standard InChI is InChI=1S/C15H23N5O2/c1-9(2)13-17-14(21-19-13)10(3)20-7-5-12(6-8-20)15-16-11(4)18-22-15/h9-10,12H,5-8H2,1-4H3. The smallest absolute Gasteiger partial charge is 0.243 e. The average Bonchev–Trinajstić information content (AvgIpc) is 3.16. The molecule has 1 atom stereocenters. The third-order valence-corrected chi connectivity index (χ3v) is 4.30. The summed E-state index contributed by atoms with van der Waals surface area (Å²) in [7, 11) is 0. The number of rotatable bonds is 4. The minimum Gasteiger partial charge on any atom is -0.339 e. The largest absolute Gasteiger partial charge is 0.339 e. The highest BCUT2D eigenvalue weighted by atomic mass is 16.5. The fraction of sp³-hybridized carbons (Fsp3) is 0.733. The zero-order valence-corrected chi connectivity index (χ0v) is 13.6. The van der Waals surface area contributed by atoms with E-state index in [1.807, 2.05) is 6.92 Å². The van der Waals surface area contributed by atoms with E-state index in [-0.39, 0.29) is 12.0 Å². The van der Waals surface area contributed by atoms with Gasteiger partial charge in [-0.25, -0.2) is 0 Å². The molecule has 2 aromatic heterocycles. The van der Waals surface area contributed by atoms with Gasteiger partial charge in [-0.05, 0) is 39.8 Å². The molecule has 0 N–H and O–H groups in total. The molecule has 3 rings (SSSR count). The van der Waals surface area contributed by atoms with Crippen LogP contribution in [0.3, 0.4) is 0 Å². The summed E-state index contributed by atoms with van der Waals surface area (Å²) < 4.78 is 10.7. The minimum atomic E-state index is 0.144. The van der Waals surface area contributed by atoms with Gasteiger partial charge < -0.3 is 9.05 Å². The molecule has 7 heteroatoms. The lowest BCUT2D eigenvalue weighted by Crippen LogP contribution is -2.35. The van der Waals surface area contributed by atoms with Gasteiger partial charge in [0.05, 0.1) is 6.04 Å². The summed E-state index contributed by atoms with van der Waals surface area (Å²) in [6.45, 7) is 10.0. The van der Waals surface area contributed by atoms with Crippen molar-refractivity contribution in [1.82, 2.24) is 25.2 Å². The summed E-state index contributed by atoms with van der Waals surface area (Å²) in [6, 6.07) is 0.144. The molecule has 3 heterocycles. The zero-order chi connectivity index (χ0) is 15.7. The van der Waals surface area contributed by atoms with E-state index < -0.39 is 0 Å². The maximum absolute atomic E-state index is 5.41. The molecular formula is C15H23N5O2. The van der Waals surface area contributed by atoms with Crippen molar-refractivity contribution in [2.45, 2.75) is 58.4 Å². The van der Waals surface area contributed by atoms with Gasteiger partial charge >= 0.3 is 0 Å². The molecule has 0 aliphatic carbocycles. The van der Waals surface area contributed by atoms with E-state index in [0.717, 1.165) is 37.6 Å². The number of hydrogen-bond donors (Lipinski definition) is 0. The van der Waals surface area contributed by atoms with E-state index in [2.05, 4.69) is 46.0 Å². The lowest BCUT2D eigenvalue weighted by Gasteiger charge is -2.33. The Morgan fingerprint density at radius 2 is 1.77 bits per heavy atom. The molecule has 0 bridgehead atoms. The van der Waals surface area contributed by atoms with Gasteiger partial charge in [-0.3, -0.25) is 4.90 Å². The molecule has 1 fully saturated rings. The monoisotopic (exact) mass is 305 g/mol. The van der Waals surface area contributed by atoms with Crippen LogP contribution in [0.15, 0.2) is 9.05 Å². The molecule has 120 valence electrons. The summed E-state index contributed by atoms with van der Waals surface area (Å²) in [4.78, 5) is 11.2. The lowest BCUT2D eigenvalue weighted by atomic mass is 9.96. The van der Waals surface area contributed by atoms with Crippen LogP contribution in [-0.2, 0) is 0 Å². The summed E-state index contributed by atoms with van der Waals surface area (Å²) in [5, 5.41) is 7.93. The Morgan fingerprint density at radius 1 is 1.05 bits per heavy atom. The van der Waals surface area contributed by atoms with Crippen LogP contribution in [0.25, 0.3) is 0 Å². The van der Waals surface area contributed by atoms with Crippen molar-refractivity contribution >= 4 is 0 Å². The first-order valence-corrected chi connectivity index (χ1v) is 7.92. The zero-order valence-electron chi connectivity index (χ0n) is 13.6. The highest BCUT2D eigenvalue weighted by Gasteiger charge is 2.29. The molecule has 0 spiro atoms. The van der Waals surface area contributed by atoms with Crippen molar-refractivity contribution in [3.05, 3.63) is 23.4 Å². The highest BCUT2D eigenvalue weighted by Crippen LogP contribution is 2.31. The summed E-state index contributed by atoms with van der Waals surface area (Å²) in [5.41, 5.74) is 0. The van der Waals surface area contributed by atoms with Crippen LogP contribution in [-0.4, -0.2) is 38.3 Å². The first-order chi connectivity index (χ1) is 10.5. The molecule has 0 amide bonds. The number of aryl methyl sites for hydroxylation is 1. The molecule has 0 radical (unpaired) electrons. The fourth-order valence-corrected chi connectivity index (χ4v) is 2.82. The second-order valence-corrected chi connectivity index (χ2v) is 6.31. The van der Waals surface area contributed by atoms with Crippen molar-refractivity contribution in [2.24, 2.45) is 0 Å². The van der Waals surface area contributed by atoms with Gasteiger partial charge in [0.25, 0.3) is 0 Å². The first-order valence-electron chi connectivity index (χ1n) is 7.92. The molecule has 1 aliphatic rings. The Bertz CT molecular complexity index is 613. The SMILES string of the molecule is Cc1noc(C2CCN(C(C)c3nc(C(C)C)no3)CC2)n1. The summed E-state index contributed by atoms with van der Waals surface area (Å²) in [6.07, 6.45) is 2.02. The van der Waals surface area contributed by atoms with Crippen molar-refractivity contribution in [3.8, 4) is 0 Å². The number of nitrogens with zero attached hydrogens (tertiary/aromatic N) is 5. The third kappa shape index (κ3) is 3.04. The van der Waals surface area contributed by atoms with E-state index in [1.165, 1.54) is 0 Å². The summed E-state index contributed by atoms with van der Waals surface area (Å²) in [5.74, 6) is 3.60. The van der Waals surface area contributed by atoms with Gasteiger partial charge in [-0.2, -0.15) is 9.97 Å². The predicted octanol–water partition coefficient (Wildman–Crippen LogP) is 2.83. The Labute approximate surface area is 130 Å². The molecular weight excluding hydrogens is 282 g/mol. The molecule has 0 aromatic carbocycles. The maximum Gasteiger partial charge on any atom is 0.243 e. The molecule has 1 aliphatic heterocycles. The van der Waals surface area contributed by atoms with Crippen molar-refractivity contribution in [2.75, 3.05) is 13.1 Å². The van der Waals surface area contributed by atoms with Gasteiger partial charge in [0.15, 0.2) is 11.6 Å². The molecule has 2 aromatic rings. The van der Waals surface area contributed by atoms with Crippen LogP contribution in [0.1, 0.15) is 74.9 Å². The van der Waals surface area contributed by atoms with Crippen molar-refractivity contribution in [1.29, 1.82) is 0 Å². The molecule has 22 heavy (non-hydrogen) atoms. The molecule has 1 unspecified atom stereocenters. The lowest BCUT2D eigenvalue weighted by molar-refractivity contribution is 0.128. The van der Waals surface area contributed by atoms with Crippen molar-refractivity contribution < 1.29 is 9.05 Å². The number of likely N-dealkylation sites (tertiary alicyclic amines) is 1. The minimum absolute atomic E-state index is 0.144. The third-order valence-electron chi connectivity index (χ3n) is 4.30. The van der Waals surface area contributed by atoms with E-state index in [1.54, 1.807) is 0 Å². The topological polar surface area (TPSA) is 81.1 Å². The van der Waals surface area contributed by atoms with Gasteiger partial charge in [0.1, 0.15) is 0 Å². The summed E-state index contributed by atoms with van der Waals surface area (Å²) >= 11 is 0. The second-order valence-electron chi connectivity index (χ2n) is 6.31. The first kappa shape index (κ1) is 15.1. The quantitative estimate of drug-likeness (QED) is 0.859. The van der Waals surface area contributed by atoms with Crippen LogP contribution in [0.2, 0.25) is 0 Å². The normalized spacial score (nSPS) is 19.0. The van der Waals surface area contributed by atoms with Crippen LogP contribution in [0, 0.1) is 6.92 Å². The second kappa shape index (κ2) is 6.16. The van der Waals surface area contributed by atoms with Crippen LogP contribution < -0.4 is 0 Å². The van der Waals surface area contributed by atoms with E-state index >= 15 is 0 Å². The van der Waals surface area contributed by atoms with Gasteiger partial charge in [0.2, 0.25) is 11.8 Å². The number of hydrogen-bond acceptors (Lipinski definition) is 7. The highest BCUT2D eigenvalue weighted by molar-refractivity contribution is 4.99. The van der Waals surface area contributed by atoms with Gasteiger partial charge in [-0.1, -0.05) is 24.2 Å². The van der Waals surface area contributed by atoms with Gasteiger partial charge in [0, 0.05) is 11.8 Å². The Balaban J connectivity index is 1.60. The van der Waals surface area contributed by atoms with E-state index in [4.69, 9.17) is 9.05 Å².